The molecule has 0 bridgehead atoms. The van der Waals surface area contributed by atoms with Crippen LogP contribution in [0.3, 0.4) is 0 Å². The van der Waals surface area contributed by atoms with Crippen molar-refractivity contribution in [3.63, 3.8) is 0 Å². The molecule has 0 spiro atoms. The lowest BCUT2D eigenvalue weighted by Gasteiger charge is -2.17. The Morgan fingerprint density at radius 3 is 2.68 bits per heavy atom. The highest BCUT2D eigenvalue weighted by atomic mass is 35.5. The molecule has 0 saturated carbocycles. The quantitative estimate of drug-likeness (QED) is 0.681. The molecule has 5 nitrogen and oxygen atoms in total. The standard InChI is InChI=1S/C12H13ClN4OS/c1-12(2,3)10-15-7(13)6-9(17-10)19-11-14-5-4-8(18)16-11/h4-6H,1-3H3,(H,14,16,18). The van der Waals surface area contributed by atoms with Crippen LogP contribution in [0.15, 0.2) is 33.3 Å². The van der Waals surface area contributed by atoms with Crippen molar-refractivity contribution in [3.05, 3.63) is 39.7 Å². The summed E-state index contributed by atoms with van der Waals surface area (Å²) in [5.41, 5.74) is -0.397. The van der Waals surface area contributed by atoms with Crippen LogP contribution in [-0.4, -0.2) is 19.9 Å². The summed E-state index contributed by atoms with van der Waals surface area (Å²) in [6.45, 7) is 6.03. The first-order valence-electron chi connectivity index (χ1n) is 5.63. The molecule has 7 heteroatoms. The summed E-state index contributed by atoms with van der Waals surface area (Å²) >= 11 is 7.24. The SMILES string of the molecule is CC(C)(C)c1nc(Cl)cc(Sc2nccc(=O)[nH]2)n1. The Kier molecular flexibility index (Phi) is 3.91. The fourth-order valence-electron chi connectivity index (χ4n) is 1.29. The van der Waals surface area contributed by atoms with Gasteiger partial charge >= 0.3 is 0 Å². The lowest BCUT2D eigenvalue weighted by Crippen LogP contribution is -2.16. The van der Waals surface area contributed by atoms with Gasteiger partial charge in [0.15, 0.2) is 5.16 Å². The number of nitrogens with one attached hydrogen (secondary N) is 1. The summed E-state index contributed by atoms with van der Waals surface area (Å²) in [6.07, 6.45) is 1.45. The zero-order valence-electron chi connectivity index (χ0n) is 10.8. The molecule has 0 aromatic carbocycles. The van der Waals surface area contributed by atoms with E-state index in [-0.39, 0.29) is 11.0 Å². The van der Waals surface area contributed by atoms with E-state index in [1.165, 1.54) is 24.0 Å². The van der Waals surface area contributed by atoms with Crippen LogP contribution < -0.4 is 5.56 Å². The molecular weight excluding hydrogens is 284 g/mol. The van der Waals surface area contributed by atoms with Gasteiger partial charge in [0.1, 0.15) is 16.0 Å². The number of hydrogen-bond acceptors (Lipinski definition) is 5. The average molecular weight is 297 g/mol. The molecular formula is C12H13ClN4OS. The number of H-pyrrole nitrogens is 1. The average Bonchev–Trinajstić information content (AvgIpc) is 2.26. The van der Waals surface area contributed by atoms with Crippen LogP contribution in [0, 0.1) is 0 Å². The highest BCUT2D eigenvalue weighted by molar-refractivity contribution is 7.99. The number of halogens is 1. The van der Waals surface area contributed by atoms with Crippen molar-refractivity contribution in [1.29, 1.82) is 0 Å². The maximum Gasteiger partial charge on any atom is 0.251 e. The molecule has 0 radical (unpaired) electrons. The van der Waals surface area contributed by atoms with E-state index in [4.69, 9.17) is 11.6 Å². The van der Waals surface area contributed by atoms with E-state index < -0.39 is 0 Å². The minimum atomic E-state index is -0.200. The van der Waals surface area contributed by atoms with Gasteiger partial charge in [-0.1, -0.05) is 32.4 Å². The molecule has 0 saturated heterocycles. The van der Waals surface area contributed by atoms with Crippen molar-refractivity contribution in [3.8, 4) is 0 Å². The predicted molar refractivity (Wildman–Crippen MR) is 74.7 cm³/mol. The molecule has 0 fully saturated rings. The zero-order valence-corrected chi connectivity index (χ0v) is 12.3. The van der Waals surface area contributed by atoms with Crippen molar-refractivity contribution < 1.29 is 0 Å². The lowest BCUT2D eigenvalue weighted by molar-refractivity contribution is 0.538. The highest BCUT2D eigenvalue weighted by Gasteiger charge is 2.19. The first kappa shape index (κ1) is 14.0. The largest absolute Gasteiger partial charge is 0.301 e. The number of hydrogen-bond donors (Lipinski definition) is 1. The van der Waals surface area contributed by atoms with Gasteiger partial charge in [0.25, 0.3) is 5.56 Å². The van der Waals surface area contributed by atoms with Crippen molar-refractivity contribution in [2.75, 3.05) is 0 Å². The van der Waals surface area contributed by atoms with Gasteiger partial charge in [0.05, 0.1) is 0 Å². The molecule has 19 heavy (non-hydrogen) atoms. The minimum absolute atomic E-state index is 0.197. The second-order valence-corrected chi connectivity index (χ2v) is 6.34. The van der Waals surface area contributed by atoms with E-state index in [1.807, 2.05) is 20.8 Å². The first-order chi connectivity index (χ1) is 8.84. The smallest absolute Gasteiger partial charge is 0.251 e. The summed E-state index contributed by atoms with van der Waals surface area (Å²) in [5.74, 6) is 0.653. The summed E-state index contributed by atoms with van der Waals surface area (Å²) in [7, 11) is 0. The van der Waals surface area contributed by atoms with E-state index >= 15 is 0 Å². The summed E-state index contributed by atoms with van der Waals surface area (Å²) in [4.78, 5) is 26.5. The normalized spacial score (nSPS) is 11.6. The Morgan fingerprint density at radius 2 is 2.05 bits per heavy atom. The molecule has 2 aromatic heterocycles. The molecule has 2 rings (SSSR count). The fourth-order valence-corrected chi connectivity index (χ4v) is 2.30. The van der Waals surface area contributed by atoms with Crippen LogP contribution in [0.2, 0.25) is 5.15 Å². The van der Waals surface area contributed by atoms with Gasteiger partial charge < -0.3 is 4.98 Å². The van der Waals surface area contributed by atoms with Crippen molar-refractivity contribution in [2.24, 2.45) is 0 Å². The molecule has 0 aliphatic heterocycles. The van der Waals surface area contributed by atoms with Gasteiger partial charge in [-0.25, -0.2) is 15.0 Å². The topological polar surface area (TPSA) is 71.5 Å². The van der Waals surface area contributed by atoms with E-state index in [0.29, 0.717) is 21.2 Å². The maximum absolute atomic E-state index is 11.2. The van der Waals surface area contributed by atoms with E-state index in [1.54, 1.807) is 6.07 Å². The Balaban J connectivity index is 2.36. The molecule has 0 unspecified atom stereocenters. The summed E-state index contributed by atoms with van der Waals surface area (Å²) in [6, 6.07) is 3.01. The number of nitrogens with zero attached hydrogens (tertiary/aromatic N) is 3. The van der Waals surface area contributed by atoms with E-state index in [9.17, 15) is 4.79 Å². The zero-order chi connectivity index (χ0) is 14.0. The predicted octanol–water partition coefficient (Wildman–Crippen LogP) is 2.66. The van der Waals surface area contributed by atoms with Crippen LogP contribution >= 0.6 is 23.4 Å². The fraction of sp³-hybridized carbons (Fsp3) is 0.333. The van der Waals surface area contributed by atoms with Gasteiger partial charge in [-0.2, -0.15) is 0 Å². The summed E-state index contributed by atoms with van der Waals surface area (Å²) in [5, 5.41) is 1.50. The van der Waals surface area contributed by atoms with Crippen molar-refractivity contribution in [1.82, 2.24) is 19.9 Å². The lowest BCUT2D eigenvalue weighted by atomic mass is 9.96. The minimum Gasteiger partial charge on any atom is -0.301 e. The first-order valence-corrected chi connectivity index (χ1v) is 6.82. The molecule has 0 amide bonds. The molecule has 0 aliphatic rings. The number of aromatic amines is 1. The van der Waals surface area contributed by atoms with Gasteiger partial charge in [-0.05, 0) is 11.8 Å². The molecule has 100 valence electrons. The Labute approximate surface area is 119 Å². The number of aromatic nitrogens is 4. The van der Waals surface area contributed by atoms with Crippen molar-refractivity contribution in [2.45, 2.75) is 36.4 Å². The third-order valence-corrected chi connectivity index (χ3v) is 3.20. The Hall–Kier alpha value is -1.40. The Bertz CT molecular complexity index is 651. The van der Waals surface area contributed by atoms with Crippen molar-refractivity contribution >= 4 is 23.4 Å². The molecule has 1 N–H and O–H groups in total. The Morgan fingerprint density at radius 1 is 1.32 bits per heavy atom. The van der Waals surface area contributed by atoms with Gasteiger partial charge in [-0.3, -0.25) is 4.79 Å². The van der Waals surface area contributed by atoms with Crippen LogP contribution in [0.25, 0.3) is 0 Å². The second kappa shape index (κ2) is 5.30. The monoisotopic (exact) mass is 296 g/mol. The van der Waals surface area contributed by atoms with Crippen LogP contribution in [0.4, 0.5) is 0 Å². The molecule has 2 heterocycles. The second-order valence-electron chi connectivity index (χ2n) is 4.94. The molecule has 0 atom stereocenters. The third kappa shape index (κ3) is 3.78. The molecule has 0 aliphatic carbocycles. The third-order valence-electron chi connectivity index (χ3n) is 2.19. The van der Waals surface area contributed by atoms with Crippen LogP contribution in [0.1, 0.15) is 26.6 Å². The molecule has 2 aromatic rings. The van der Waals surface area contributed by atoms with Crippen LogP contribution in [-0.2, 0) is 5.41 Å². The number of rotatable bonds is 2. The van der Waals surface area contributed by atoms with Crippen LogP contribution in [0.5, 0.6) is 0 Å². The maximum atomic E-state index is 11.2. The summed E-state index contributed by atoms with van der Waals surface area (Å²) < 4.78 is 0. The van der Waals surface area contributed by atoms with E-state index in [2.05, 4.69) is 19.9 Å². The van der Waals surface area contributed by atoms with E-state index in [0.717, 1.165) is 0 Å². The van der Waals surface area contributed by atoms with Gasteiger partial charge in [0, 0.05) is 23.7 Å². The van der Waals surface area contributed by atoms with Gasteiger partial charge in [0.2, 0.25) is 0 Å². The van der Waals surface area contributed by atoms with Gasteiger partial charge in [-0.15, -0.1) is 0 Å². The highest BCUT2D eigenvalue weighted by Crippen LogP contribution is 2.27.